The summed E-state index contributed by atoms with van der Waals surface area (Å²) < 4.78 is 40.7. The van der Waals surface area contributed by atoms with Crippen molar-refractivity contribution in [3.05, 3.63) is 42.2 Å². The van der Waals surface area contributed by atoms with E-state index in [1.165, 1.54) is 28.6 Å². The zero-order valence-corrected chi connectivity index (χ0v) is 18.4. The molecule has 0 radical (unpaired) electrons. The number of amides is 3. The Morgan fingerprint density at radius 2 is 1.90 bits per heavy atom. The molecule has 168 valence electrons. The highest BCUT2D eigenvalue weighted by Gasteiger charge is 2.41. The normalized spacial score (nSPS) is 17.4. The lowest BCUT2D eigenvalue weighted by atomic mass is 10.2. The Kier molecular flexibility index (Phi) is 7.26. The lowest BCUT2D eigenvalue weighted by Gasteiger charge is -2.38. The second kappa shape index (κ2) is 9.73. The van der Waals surface area contributed by atoms with Gasteiger partial charge in [0.15, 0.2) is 0 Å². The number of rotatable bonds is 6. The third kappa shape index (κ3) is 5.03. The standard InChI is InChI=1S/C19H23FN4O5S2/c1-2-9-21-19(26)23-10-11-24(15(12-23)18(25)22-27)31(28,29)17-8-7-16(30-17)13-3-5-14(20)6-4-13/h3-8,15,27H,2,9-12H2,1H3,(H,21,26)(H,22,25)/t15-/m1/s1. The molecule has 0 unspecified atom stereocenters. The number of benzene rings is 1. The van der Waals surface area contributed by atoms with E-state index in [-0.39, 0.29) is 23.8 Å². The summed E-state index contributed by atoms with van der Waals surface area (Å²) in [4.78, 5) is 26.5. The monoisotopic (exact) mass is 470 g/mol. The SMILES string of the molecule is CCCNC(=O)N1CCN(S(=O)(=O)c2ccc(-c3ccc(F)cc3)s2)[C@@H](C(=O)NO)C1. The highest BCUT2D eigenvalue weighted by atomic mass is 32.2. The van der Waals surface area contributed by atoms with Crippen LogP contribution in [0, 0.1) is 5.82 Å². The molecule has 12 heteroatoms. The van der Waals surface area contributed by atoms with Gasteiger partial charge in [0.05, 0.1) is 0 Å². The fraction of sp³-hybridized carbons (Fsp3) is 0.368. The Labute approximate surface area is 183 Å². The zero-order chi connectivity index (χ0) is 22.6. The first-order valence-corrected chi connectivity index (χ1v) is 11.9. The van der Waals surface area contributed by atoms with E-state index in [4.69, 9.17) is 5.21 Å². The molecule has 1 aliphatic rings. The van der Waals surface area contributed by atoms with E-state index in [1.807, 2.05) is 6.92 Å². The highest BCUT2D eigenvalue weighted by Crippen LogP contribution is 2.33. The van der Waals surface area contributed by atoms with Crippen LogP contribution in [0.3, 0.4) is 0 Å². The van der Waals surface area contributed by atoms with Gasteiger partial charge < -0.3 is 10.2 Å². The van der Waals surface area contributed by atoms with Crippen LogP contribution in [-0.4, -0.2) is 67.0 Å². The third-order valence-electron chi connectivity index (χ3n) is 4.83. The Balaban J connectivity index is 1.84. The van der Waals surface area contributed by atoms with E-state index in [0.717, 1.165) is 22.1 Å². The highest BCUT2D eigenvalue weighted by molar-refractivity contribution is 7.91. The molecule has 1 aromatic carbocycles. The molecule has 9 nitrogen and oxygen atoms in total. The molecule has 2 aromatic rings. The second-order valence-electron chi connectivity index (χ2n) is 6.91. The molecule has 3 rings (SSSR count). The number of sulfonamides is 1. The van der Waals surface area contributed by atoms with Crippen LogP contribution in [0.2, 0.25) is 0 Å². The van der Waals surface area contributed by atoms with Crippen molar-refractivity contribution in [1.29, 1.82) is 0 Å². The number of carbonyl (C=O) groups is 2. The summed E-state index contributed by atoms with van der Waals surface area (Å²) in [7, 11) is -4.08. The molecule has 1 fully saturated rings. The number of hydroxylamine groups is 1. The molecular weight excluding hydrogens is 447 g/mol. The molecule has 0 bridgehead atoms. The molecule has 1 aromatic heterocycles. The van der Waals surface area contributed by atoms with Crippen molar-refractivity contribution in [3.8, 4) is 10.4 Å². The number of hydrogen-bond donors (Lipinski definition) is 3. The first-order chi connectivity index (χ1) is 14.8. The van der Waals surface area contributed by atoms with Crippen LogP contribution in [0.1, 0.15) is 13.3 Å². The van der Waals surface area contributed by atoms with Gasteiger partial charge in [-0.25, -0.2) is 23.1 Å². The Morgan fingerprint density at radius 1 is 1.19 bits per heavy atom. The van der Waals surface area contributed by atoms with Crippen LogP contribution in [0.4, 0.5) is 9.18 Å². The number of hydrogen-bond acceptors (Lipinski definition) is 6. The van der Waals surface area contributed by atoms with Gasteiger partial charge in [0.2, 0.25) is 0 Å². The van der Waals surface area contributed by atoms with Gasteiger partial charge in [-0.1, -0.05) is 19.1 Å². The largest absolute Gasteiger partial charge is 0.338 e. The summed E-state index contributed by atoms with van der Waals surface area (Å²) in [6.45, 7) is 2.14. The average Bonchev–Trinajstić information content (AvgIpc) is 3.28. The summed E-state index contributed by atoms with van der Waals surface area (Å²) in [6.07, 6.45) is 0.732. The minimum absolute atomic E-state index is 0.00597. The van der Waals surface area contributed by atoms with Crippen molar-refractivity contribution in [2.45, 2.75) is 23.6 Å². The number of nitrogens with zero attached hydrogens (tertiary/aromatic N) is 2. The van der Waals surface area contributed by atoms with Crippen molar-refractivity contribution in [2.24, 2.45) is 0 Å². The van der Waals surface area contributed by atoms with Gasteiger partial charge in [0.25, 0.3) is 15.9 Å². The van der Waals surface area contributed by atoms with Crippen molar-refractivity contribution in [1.82, 2.24) is 20.0 Å². The number of piperazine rings is 1. The molecule has 0 aliphatic carbocycles. The van der Waals surface area contributed by atoms with Gasteiger partial charge in [0, 0.05) is 31.1 Å². The maximum atomic E-state index is 13.3. The summed E-state index contributed by atoms with van der Waals surface area (Å²) >= 11 is 0.993. The smallest absolute Gasteiger partial charge is 0.317 e. The van der Waals surface area contributed by atoms with Crippen molar-refractivity contribution in [2.75, 3.05) is 26.2 Å². The Hall–Kier alpha value is -2.54. The van der Waals surface area contributed by atoms with Crippen LogP contribution in [-0.2, 0) is 14.8 Å². The molecule has 0 spiro atoms. The first-order valence-electron chi connectivity index (χ1n) is 9.62. The fourth-order valence-electron chi connectivity index (χ4n) is 3.21. The average molecular weight is 471 g/mol. The third-order valence-corrected chi connectivity index (χ3v) is 8.34. The van der Waals surface area contributed by atoms with E-state index in [2.05, 4.69) is 5.32 Å². The molecule has 3 N–H and O–H groups in total. The van der Waals surface area contributed by atoms with Crippen LogP contribution < -0.4 is 10.8 Å². The van der Waals surface area contributed by atoms with Gasteiger partial charge in [-0.3, -0.25) is 10.0 Å². The minimum atomic E-state index is -4.08. The van der Waals surface area contributed by atoms with Gasteiger partial charge in [-0.15, -0.1) is 11.3 Å². The van der Waals surface area contributed by atoms with Gasteiger partial charge >= 0.3 is 6.03 Å². The molecule has 1 saturated heterocycles. The maximum absolute atomic E-state index is 13.3. The van der Waals surface area contributed by atoms with E-state index in [1.54, 1.807) is 18.2 Å². The molecule has 1 atom stereocenters. The van der Waals surface area contributed by atoms with E-state index < -0.39 is 33.8 Å². The lowest BCUT2D eigenvalue weighted by Crippen LogP contribution is -2.62. The Bertz CT molecular complexity index is 1040. The molecule has 2 heterocycles. The van der Waals surface area contributed by atoms with E-state index in [0.29, 0.717) is 17.0 Å². The number of nitrogens with one attached hydrogen (secondary N) is 2. The second-order valence-corrected chi connectivity index (χ2v) is 10.1. The maximum Gasteiger partial charge on any atom is 0.317 e. The fourth-order valence-corrected chi connectivity index (χ4v) is 6.23. The van der Waals surface area contributed by atoms with E-state index in [9.17, 15) is 22.4 Å². The number of halogens is 1. The minimum Gasteiger partial charge on any atom is -0.338 e. The van der Waals surface area contributed by atoms with E-state index >= 15 is 0 Å². The van der Waals surface area contributed by atoms with Crippen molar-refractivity contribution < 1.29 is 27.6 Å². The van der Waals surface area contributed by atoms with Gasteiger partial charge in [-0.2, -0.15) is 4.31 Å². The van der Waals surface area contributed by atoms with Gasteiger partial charge in [0.1, 0.15) is 16.1 Å². The molecular formula is C19H23FN4O5S2. The molecule has 0 saturated carbocycles. The summed E-state index contributed by atoms with van der Waals surface area (Å²) in [6, 6.07) is 7.02. The predicted molar refractivity (Wildman–Crippen MR) is 113 cm³/mol. The van der Waals surface area contributed by atoms with Crippen molar-refractivity contribution in [3.63, 3.8) is 0 Å². The number of thiophene rings is 1. The number of urea groups is 1. The Morgan fingerprint density at radius 3 is 2.55 bits per heavy atom. The topological polar surface area (TPSA) is 119 Å². The quantitative estimate of drug-likeness (QED) is 0.440. The molecule has 3 amide bonds. The summed E-state index contributed by atoms with van der Waals surface area (Å²) in [5, 5.41) is 11.8. The van der Waals surface area contributed by atoms with Crippen LogP contribution in [0.5, 0.6) is 0 Å². The first kappa shape index (κ1) is 23.1. The lowest BCUT2D eigenvalue weighted by molar-refractivity contribution is -0.134. The van der Waals surface area contributed by atoms with Gasteiger partial charge in [-0.05, 0) is 36.2 Å². The number of carbonyl (C=O) groups excluding carboxylic acids is 2. The molecule has 1 aliphatic heterocycles. The zero-order valence-electron chi connectivity index (χ0n) is 16.7. The van der Waals surface area contributed by atoms with Crippen LogP contribution in [0.25, 0.3) is 10.4 Å². The summed E-state index contributed by atoms with van der Waals surface area (Å²) in [5.74, 6) is -1.32. The predicted octanol–water partition coefficient (Wildman–Crippen LogP) is 1.85. The van der Waals surface area contributed by atoms with Crippen LogP contribution in [0.15, 0.2) is 40.6 Å². The van der Waals surface area contributed by atoms with Crippen molar-refractivity contribution >= 4 is 33.3 Å². The summed E-state index contributed by atoms with van der Waals surface area (Å²) in [5.41, 5.74) is 2.15. The van der Waals surface area contributed by atoms with Crippen LogP contribution >= 0.6 is 11.3 Å². The molecule has 31 heavy (non-hydrogen) atoms.